The van der Waals surface area contributed by atoms with E-state index in [1.165, 1.54) is 37.3 Å². The number of alkyl halides is 3. The molecular formula is C17H15F4NO2. The predicted molar refractivity (Wildman–Crippen MR) is 79.8 cm³/mol. The molecule has 2 aromatic carbocycles. The van der Waals surface area contributed by atoms with Gasteiger partial charge < -0.3 is 10.1 Å². The quantitative estimate of drug-likeness (QED) is 0.837. The van der Waals surface area contributed by atoms with E-state index in [0.717, 1.165) is 18.2 Å². The average Bonchev–Trinajstić information content (AvgIpc) is 2.52. The van der Waals surface area contributed by atoms with Crippen LogP contribution in [0.4, 0.5) is 17.6 Å². The van der Waals surface area contributed by atoms with Crippen LogP contribution in [0.15, 0.2) is 48.5 Å². The summed E-state index contributed by atoms with van der Waals surface area (Å²) in [6, 6.07) is 10.0. The first-order valence-electron chi connectivity index (χ1n) is 7.12. The minimum absolute atomic E-state index is 0.0698. The van der Waals surface area contributed by atoms with Gasteiger partial charge in [-0.25, -0.2) is 4.39 Å². The molecule has 0 spiro atoms. The van der Waals surface area contributed by atoms with Crippen molar-refractivity contribution in [3.05, 3.63) is 65.5 Å². The molecule has 128 valence electrons. The molecule has 0 aliphatic heterocycles. The third-order valence-corrected chi connectivity index (χ3v) is 3.20. The Morgan fingerprint density at radius 2 is 1.88 bits per heavy atom. The van der Waals surface area contributed by atoms with Crippen LogP contribution in [0, 0.1) is 5.82 Å². The lowest BCUT2D eigenvalue weighted by Gasteiger charge is -2.15. The maximum absolute atomic E-state index is 13.0. The molecule has 24 heavy (non-hydrogen) atoms. The van der Waals surface area contributed by atoms with Crippen molar-refractivity contribution in [3.8, 4) is 5.75 Å². The molecule has 1 N–H and O–H groups in total. The highest BCUT2D eigenvalue weighted by Crippen LogP contribution is 2.29. The van der Waals surface area contributed by atoms with E-state index in [2.05, 4.69) is 5.32 Å². The second-order valence-corrected chi connectivity index (χ2v) is 5.13. The van der Waals surface area contributed by atoms with Gasteiger partial charge in [-0.05, 0) is 36.8 Å². The van der Waals surface area contributed by atoms with Crippen molar-refractivity contribution in [2.75, 3.05) is 0 Å². The average molecular weight is 341 g/mol. The highest BCUT2D eigenvalue weighted by molar-refractivity contribution is 5.80. The highest BCUT2D eigenvalue weighted by Gasteiger charge is 2.30. The standard InChI is InChI=1S/C17H15F4NO2/c1-11(24-15-7-3-6-14(18)9-15)16(23)22-10-12-4-2-5-13(8-12)17(19,20)21/h2-9,11H,10H2,1H3,(H,22,23)/t11-/m0/s1. The molecule has 0 aliphatic rings. The second-order valence-electron chi connectivity index (χ2n) is 5.13. The van der Waals surface area contributed by atoms with Crippen LogP contribution in [0.5, 0.6) is 5.75 Å². The Bertz CT molecular complexity index is 716. The SMILES string of the molecule is C[C@H](Oc1cccc(F)c1)C(=O)NCc1cccc(C(F)(F)F)c1. The third-order valence-electron chi connectivity index (χ3n) is 3.20. The Morgan fingerprint density at radius 1 is 1.17 bits per heavy atom. The molecule has 0 heterocycles. The molecule has 2 rings (SSSR count). The van der Waals surface area contributed by atoms with Gasteiger partial charge in [0.05, 0.1) is 5.56 Å². The lowest BCUT2D eigenvalue weighted by atomic mass is 10.1. The van der Waals surface area contributed by atoms with E-state index >= 15 is 0 Å². The third kappa shape index (κ3) is 4.97. The minimum Gasteiger partial charge on any atom is -0.481 e. The number of amides is 1. The summed E-state index contributed by atoms with van der Waals surface area (Å²) in [5.74, 6) is -0.822. The van der Waals surface area contributed by atoms with Crippen LogP contribution in [-0.4, -0.2) is 12.0 Å². The molecule has 2 aromatic rings. The van der Waals surface area contributed by atoms with Crippen molar-refractivity contribution in [1.29, 1.82) is 0 Å². The van der Waals surface area contributed by atoms with Crippen LogP contribution < -0.4 is 10.1 Å². The summed E-state index contributed by atoms with van der Waals surface area (Å²) < 4.78 is 56.2. The molecule has 0 saturated carbocycles. The Labute approximate surface area is 136 Å². The summed E-state index contributed by atoms with van der Waals surface area (Å²) in [6.45, 7) is 1.39. The van der Waals surface area contributed by atoms with Crippen molar-refractivity contribution < 1.29 is 27.1 Å². The Hall–Kier alpha value is -2.57. The summed E-state index contributed by atoms with van der Waals surface area (Å²) in [6.07, 6.45) is -5.36. The van der Waals surface area contributed by atoms with Crippen molar-refractivity contribution >= 4 is 5.91 Å². The number of carbonyl (C=O) groups is 1. The van der Waals surface area contributed by atoms with E-state index in [1.54, 1.807) is 0 Å². The number of hydrogen-bond acceptors (Lipinski definition) is 2. The van der Waals surface area contributed by atoms with E-state index in [-0.39, 0.29) is 12.3 Å². The number of halogens is 4. The maximum atomic E-state index is 13.0. The lowest BCUT2D eigenvalue weighted by Crippen LogP contribution is -2.35. The van der Waals surface area contributed by atoms with E-state index in [0.29, 0.717) is 5.56 Å². The Morgan fingerprint density at radius 3 is 2.54 bits per heavy atom. The van der Waals surface area contributed by atoms with Gasteiger partial charge in [-0.2, -0.15) is 13.2 Å². The molecule has 0 aromatic heterocycles. The van der Waals surface area contributed by atoms with Gasteiger partial charge in [0.25, 0.3) is 5.91 Å². The monoisotopic (exact) mass is 341 g/mol. The predicted octanol–water partition coefficient (Wildman–Crippen LogP) is 3.93. The number of rotatable bonds is 5. The molecule has 0 bridgehead atoms. The van der Waals surface area contributed by atoms with Gasteiger partial charge in [-0.1, -0.05) is 18.2 Å². The summed E-state index contributed by atoms with van der Waals surface area (Å²) in [4.78, 5) is 11.9. The van der Waals surface area contributed by atoms with Crippen LogP contribution >= 0.6 is 0 Å². The second kappa shape index (κ2) is 7.33. The first kappa shape index (κ1) is 17.8. The van der Waals surface area contributed by atoms with E-state index < -0.39 is 29.6 Å². The molecule has 0 unspecified atom stereocenters. The van der Waals surface area contributed by atoms with Crippen LogP contribution in [-0.2, 0) is 17.5 Å². The first-order valence-corrected chi connectivity index (χ1v) is 7.12. The van der Waals surface area contributed by atoms with Gasteiger partial charge >= 0.3 is 6.18 Å². The first-order chi connectivity index (χ1) is 11.3. The fraction of sp³-hybridized carbons (Fsp3) is 0.235. The Kier molecular flexibility index (Phi) is 5.43. The molecule has 1 atom stereocenters. The number of benzene rings is 2. The van der Waals surface area contributed by atoms with E-state index in [1.807, 2.05) is 0 Å². The molecular weight excluding hydrogens is 326 g/mol. The van der Waals surface area contributed by atoms with Gasteiger partial charge in [0.2, 0.25) is 0 Å². The zero-order valence-electron chi connectivity index (χ0n) is 12.7. The smallest absolute Gasteiger partial charge is 0.416 e. The molecule has 0 saturated heterocycles. The zero-order chi connectivity index (χ0) is 17.7. The van der Waals surface area contributed by atoms with Crippen LogP contribution in [0.1, 0.15) is 18.1 Å². The molecule has 0 aliphatic carbocycles. The van der Waals surface area contributed by atoms with Crippen LogP contribution in [0.2, 0.25) is 0 Å². The molecule has 7 heteroatoms. The van der Waals surface area contributed by atoms with Crippen molar-refractivity contribution in [2.45, 2.75) is 25.7 Å². The van der Waals surface area contributed by atoms with E-state index in [4.69, 9.17) is 4.74 Å². The fourth-order valence-electron chi connectivity index (χ4n) is 1.99. The summed E-state index contributed by atoms with van der Waals surface area (Å²) in [5, 5.41) is 2.49. The number of ether oxygens (including phenoxy) is 1. The van der Waals surface area contributed by atoms with Crippen molar-refractivity contribution in [1.82, 2.24) is 5.32 Å². The fourth-order valence-corrected chi connectivity index (χ4v) is 1.99. The number of hydrogen-bond donors (Lipinski definition) is 1. The summed E-state index contributed by atoms with van der Waals surface area (Å²) in [5.41, 5.74) is -0.463. The van der Waals surface area contributed by atoms with Crippen molar-refractivity contribution in [3.63, 3.8) is 0 Å². The highest BCUT2D eigenvalue weighted by atomic mass is 19.4. The van der Waals surface area contributed by atoms with Gasteiger partial charge in [0, 0.05) is 12.6 Å². The van der Waals surface area contributed by atoms with Gasteiger partial charge in [-0.15, -0.1) is 0 Å². The van der Waals surface area contributed by atoms with E-state index in [9.17, 15) is 22.4 Å². The number of nitrogens with one attached hydrogen (secondary N) is 1. The Balaban J connectivity index is 1.93. The number of carbonyl (C=O) groups excluding carboxylic acids is 1. The van der Waals surface area contributed by atoms with Crippen molar-refractivity contribution in [2.24, 2.45) is 0 Å². The normalized spacial score (nSPS) is 12.5. The van der Waals surface area contributed by atoms with Gasteiger partial charge in [-0.3, -0.25) is 4.79 Å². The summed E-state index contributed by atoms with van der Waals surface area (Å²) >= 11 is 0. The molecule has 3 nitrogen and oxygen atoms in total. The summed E-state index contributed by atoms with van der Waals surface area (Å²) in [7, 11) is 0. The van der Waals surface area contributed by atoms with Crippen LogP contribution in [0.3, 0.4) is 0 Å². The van der Waals surface area contributed by atoms with Gasteiger partial charge in [0.1, 0.15) is 11.6 Å². The maximum Gasteiger partial charge on any atom is 0.416 e. The molecule has 1 amide bonds. The zero-order valence-corrected chi connectivity index (χ0v) is 12.7. The van der Waals surface area contributed by atoms with Crippen LogP contribution in [0.25, 0.3) is 0 Å². The molecule has 0 fully saturated rings. The minimum atomic E-state index is -4.44. The lowest BCUT2D eigenvalue weighted by molar-refractivity contribution is -0.137. The topological polar surface area (TPSA) is 38.3 Å². The largest absolute Gasteiger partial charge is 0.481 e. The molecule has 0 radical (unpaired) electrons. The van der Waals surface area contributed by atoms with Gasteiger partial charge in [0.15, 0.2) is 6.10 Å².